The van der Waals surface area contributed by atoms with Crippen molar-refractivity contribution in [3.63, 3.8) is 0 Å². The van der Waals surface area contributed by atoms with E-state index in [1.807, 2.05) is 73.7 Å². The first kappa shape index (κ1) is 17.3. The van der Waals surface area contributed by atoms with Crippen molar-refractivity contribution in [2.45, 2.75) is 13.0 Å². The Bertz CT molecular complexity index is 1100. The third-order valence-corrected chi connectivity index (χ3v) is 4.69. The highest BCUT2D eigenvalue weighted by Gasteiger charge is 2.20. The van der Waals surface area contributed by atoms with Crippen LogP contribution < -0.4 is 5.32 Å². The van der Waals surface area contributed by atoms with Gasteiger partial charge < -0.3 is 10.4 Å². The second-order valence-electron chi connectivity index (χ2n) is 6.38. The predicted octanol–water partition coefficient (Wildman–Crippen LogP) is 5.50. The molecule has 0 fully saturated rings. The smallest absolute Gasteiger partial charge is 0.147 e. The molecule has 0 radical (unpaired) electrons. The number of pyridine rings is 2. The summed E-state index contributed by atoms with van der Waals surface area (Å²) in [6.07, 6.45) is 1.72. The second-order valence-corrected chi connectivity index (χ2v) is 6.81. The first-order chi connectivity index (χ1) is 13.1. The molecule has 4 aromatic rings. The first-order valence-corrected chi connectivity index (χ1v) is 9.02. The van der Waals surface area contributed by atoms with Crippen molar-refractivity contribution >= 4 is 28.3 Å². The lowest BCUT2D eigenvalue weighted by molar-refractivity contribution is 0.471. The molecule has 2 aromatic carbocycles. The number of phenolic OH excluding ortho intramolecular Hbond substituents is 1. The van der Waals surface area contributed by atoms with E-state index in [0.29, 0.717) is 21.9 Å². The molecule has 0 aliphatic carbocycles. The van der Waals surface area contributed by atoms with Gasteiger partial charge in [-0.05, 0) is 42.8 Å². The van der Waals surface area contributed by atoms with E-state index < -0.39 is 0 Å². The number of benzene rings is 2. The Labute approximate surface area is 162 Å². The van der Waals surface area contributed by atoms with Crippen LogP contribution in [0.3, 0.4) is 0 Å². The van der Waals surface area contributed by atoms with Crippen LogP contribution in [-0.4, -0.2) is 15.1 Å². The molecule has 0 aliphatic rings. The quantitative estimate of drug-likeness (QED) is 0.494. The van der Waals surface area contributed by atoms with Gasteiger partial charge in [0.25, 0.3) is 0 Å². The van der Waals surface area contributed by atoms with E-state index >= 15 is 0 Å². The maximum atomic E-state index is 11.0. The van der Waals surface area contributed by atoms with E-state index in [1.54, 1.807) is 6.20 Å². The zero-order valence-electron chi connectivity index (χ0n) is 14.7. The van der Waals surface area contributed by atoms with Gasteiger partial charge in [-0.25, -0.2) is 9.97 Å². The van der Waals surface area contributed by atoms with Crippen LogP contribution in [0.4, 0.5) is 5.82 Å². The van der Waals surface area contributed by atoms with Gasteiger partial charge in [0.1, 0.15) is 17.1 Å². The Hall–Kier alpha value is -3.11. The number of nitrogens with zero attached hydrogens (tertiary/aromatic N) is 2. The van der Waals surface area contributed by atoms with Crippen LogP contribution in [0.2, 0.25) is 5.02 Å². The molecule has 2 heterocycles. The molecule has 2 aromatic heterocycles. The molecule has 1 atom stereocenters. The van der Waals surface area contributed by atoms with E-state index in [2.05, 4.69) is 15.3 Å². The Morgan fingerprint density at radius 3 is 2.63 bits per heavy atom. The van der Waals surface area contributed by atoms with E-state index in [-0.39, 0.29) is 11.8 Å². The predicted molar refractivity (Wildman–Crippen MR) is 109 cm³/mol. The Morgan fingerprint density at radius 2 is 1.85 bits per heavy atom. The summed E-state index contributed by atoms with van der Waals surface area (Å²) < 4.78 is 0. The van der Waals surface area contributed by atoms with Crippen LogP contribution in [0.1, 0.15) is 22.9 Å². The average Bonchev–Trinajstić information content (AvgIpc) is 2.68. The lowest BCUT2D eigenvalue weighted by Gasteiger charge is -2.22. The number of hydrogen-bond acceptors (Lipinski definition) is 4. The molecular weight excluding hydrogens is 358 g/mol. The standard InChI is InChI=1S/C22H18ClN3O/c1-14-8-9-15-10-11-18(22(27)21(15)25-14)20(16-5-4-6-17(23)13-16)26-19-7-2-3-12-24-19/h2-13,20,27H,1H3,(H,24,26)/t20-/m0/s1. The van der Waals surface area contributed by atoms with Gasteiger partial charge in [-0.1, -0.05) is 48.0 Å². The maximum Gasteiger partial charge on any atom is 0.147 e. The third-order valence-electron chi connectivity index (χ3n) is 4.46. The molecule has 0 saturated carbocycles. The molecule has 0 spiro atoms. The summed E-state index contributed by atoms with van der Waals surface area (Å²) >= 11 is 6.22. The summed E-state index contributed by atoms with van der Waals surface area (Å²) in [4.78, 5) is 8.87. The van der Waals surface area contributed by atoms with Gasteiger partial charge in [0.2, 0.25) is 0 Å². The fraction of sp³-hybridized carbons (Fsp3) is 0.0909. The van der Waals surface area contributed by atoms with E-state index in [1.165, 1.54) is 0 Å². The molecule has 134 valence electrons. The summed E-state index contributed by atoms with van der Waals surface area (Å²) in [7, 11) is 0. The highest BCUT2D eigenvalue weighted by molar-refractivity contribution is 6.30. The summed E-state index contributed by atoms with van der Waals surface area (Å²) in [5, 5.41) is 15.9. The minimum absolute atomic E-state index is 0.157. The second kappa shape index (κ2) is 7.25. The van der Waals surface area contributed by atoms with Crippen molar-refractivity contribution in [2.24, 2.45) is 0 Å². The number of anilines is 1. The summed E-state index contributed by atoms with van der Waals surface area (Å²) in [6, 6.07) is 20.7. The van der Waals surface area contributed by atoms with E-state index in [0.717, 1.165) is 16.6 Å². The monoisotopic (exact) mass is 375 g/mol. The number of aromatic nitrogens is 2. The zero-order valence-corrected chi connectivity index (χ0v) is 15.5. The fourth-order valence-corrected chi connectivity index (χ4v) is 3.34. The number of nitrogens with one attached hydrogen (secondary N) is 1. The minimum atomic E-state index is -0.328. The number of rotatable bonds is 4. The molecule has 0 unspecified atom stereocenters. The highest BCUT2D eigenvalue weighted by atomic mass is 35.5. The van der Waals surface area contributed by atoms with Crippen molar-refractivity contribution in [2.75, 3.05) is 5.32 Å². The Morgan fingerprint density at radius 1 is 1.00 bits per heavy atom. The van der Waals surface area contributed by atoms with Gasteiger partial charge in [0.15, 0.2) is 0 Å². The van der Waals surface area contributed by atoms with Gasteiger partial charge in [0, 0.05) is 27.9 Å². The zero-order chi connectivity index (χ0) is 18.8. The first-order valence-electron chi connectivity index (χ1n) is 8.64. The van der Waals surface area contributed by atoms with Crippen molar-refractivity contribution in [3.8, 4) is 5.75 Å². The SMILES string of the molecule is Cc1ccc2ccc([C@@H](Nc3ccccn3)c3cccc(Cl)c3)c(O)c2n1. The van der Waals surface area contributed by atoms with E-state index in [9.17, 15) is 5.11 Å². The molecular formula is C22H18ClN3O. The average molecular weight is 376 g/mol. The van der Waals surface area contributed by atoms with Crippen LogP contribution in [0.25, 0.3) is 10.9 Å². The number of halogens is 1. The van der Waals surface area contributed by atoms with Crippen molar-refractivity contribution in [1.29, 1.82) is 0 Å². The fourth-order valence-electron chi connectivity index (χ4n) is 3.14. The molecule has 2 N–H and O–H groups in total. The Kier molecular flexibility index (Phi) is 4.65. The van der Waals surface area contributed by atoms with Crippen molar-refractivity contribution in [3.05, 3.63) is 94.8 Å². The number of aryl methyl sites for hydroxylation is 1. The summed E-state index contributed by atoms with van der Waals surface area (Å²) in [5.74, 6) is 0.865. The molecule has 4 nitrogen and oxygen atoms in total. The van der Waals surface area contributed by atoms with Gasteiger partial charge >= 0.3 is 0 Å². The summed E-state index contributed by atoms with van der Waals surface area (Å²) in [5.41, 5.74) is 3.08. The van der Waals surface area contributed by atoms with Crippen molar-refractivity contribution in [1.82, 2.24) is 9.97 Å². The van der Waals surface area contributed by atoms with Gasteiger partial charge in [0.05, 0.1) is 6.04 Å². The number of aromatic hydroxyl groups is 1. The molecule has 0 aliphatic heterocycles. The largest absolute Gasteiger partial charge is 0.505 e. The molecule has 4 rings (SSSR count). The van der Waals surface area contributed by atoms with Gasteiger partial charge in [-0.3, -0.25) is 0 Å². The topological polar surface area (TPSA) is 58.0 Å². The number of hydrogen-bond donors (Lipinski definition) is 2. The number of phenols is 1. The lowest BCUT2D eigenvalue weighted by atomic mass is 9.96. The molecule has 5 heteroatoms. The Balaban J connectivity index is 1.87. The van der Waals surface area contributed by atoms with Crippen LogP contribution in [0.5, 0.6) is 5.75 Å². The van der Waals surface area contributed by atoms with Crippen LogP contribution in [0, 0.1) is 6.92 Å². The van der Waals surface area contributed by atoms with E-state index in [4.69, 9.17) is 11.6 Å². The molecule has 27 heavy (non-hydrogen) atoms. The van der Waals surface area contributed by atoms with Gasteiger partial charge in [-0.2, -0.15) is 0 Å². The minimum Gasteiger partial charge on any atom is -0.505 e. The summed E-state index contributed by atoms with van der Waals surface area (Å²) in [6.45, 7) is 1.91. The van der Waals surface area contributed by atoms with Gasteiger partial charge in [-0.15, -0.1) is 0 Å². The maximum absolute atomic E-state index is 11.0. The van der Waals surface area contributed by atoms with Crippen LogP contribution in [-0.2, 0) is 0 Å². The van der Waals surface area contributed by atoms with Crippen LogP contribution in [0.15, 0.2) is 72.9 Å². The molecule has 0 saturated heterocycles. The third kappa shape index (κ3) is 3.57. The highest BCUT2D eigenvalue weighted by Crippen LogP contribution is 2.36. The molecule has 0 amide bonds. The molecule has 0 bridgehead atoms. The normalized spacial score (nSPS) is 12.1. The lowest BCUT2D eigenvalue weighted by Crippen LogP contribution is -2.13. The van der Waals surface area contributed by atoms with Crippen molar-refractivity contribution < 1.29 is 5.11 Å². The number of fused-ring (bicyclic) bond motifs is 1. The van der Waals surface area contributed by atoms with Crippen LogP contribution >= 0.6 is 11.6 Å².